The maximum absolute atomic E-state index is 13.4. The van der Waals surface area contributed by atoms with Crippen molar-refractivity contribution in [3.63, 3.8) is 0 Å². The Balaban J connectivity index is 0.962. The lowest BCUT2D eigenvalue weighted by atomic mass is 9.99. The molecule has 4 aliphatic heterocycles. The largest absolute Gasteiger partial charge is 0.342 e. The highest BCUT2D eigenvalue weighted by Crippen LogP contribution is 2.42. The molecule has 0 aliphatic carbocycles. The number of thioether (sulfide) groups is 2. The minimum absolute atomic E-state index is 0.0870. The number of carbonyl (C=O) groups excluding carboxylic acids is 4. The van der Waals surface area contributed by atoms with Crippen LogP contribution < -0.4 is 0 Å². The molecular formula is C34H36N4O4S4. The number of rotatable bonds is 10. The average molecular weight is 693 g/mol. The summed E-state index contributed by atoms with van der Waals surface area (Å²) in [4.78, 5) is 59.9. The molecule has 0 aromatic heterocycles. The van der Waals surface area contributed by atoms with Crippen LogP contribution in [0.2, 0.25) is 0 Å². The van der Waals surface area contributed by atoms with Crippen molar-refractivity contribution < 1.29 is 19.2 Å². The second kappa shape index (κ2) is 14.8. The number of thiocarbonyl (C=S) groups is 2. The maximum atomic E-state index is 13.4. The SMILES string of the molecule is O=C(CCCN1C(=O)/C(=C2\SC(=S)N(CCCC(=O)N3CC[C@H](c4ccccc4)C3)C2=O)SC1=S)N1CC[C@@H](c2ccccc2)C1. The Hall–Kier alpha value is -3.06. The summed E-state index contributed by atoms with van der Waals surface area (Å²) in [7, 11) is 0. The molecule has 12 heteroatoms. The quantitative estimate of drug-likeness (QED) is 0.238. The Morgan fingerprint density at radius 1 is 0.652 bits per heavy atom. The van der Waals surface area contributed by atoms with Crippen LogP contribution >= 0.6 is 48.0 Å². The third-order valence-corrected chi connectivity index (χ3v) is 12.1. The Morgan fingerprint density at radius 3 is 1.43 bits per heavy atom. The molecule has 2 atom stereocenters. The van der Waals surface area contributed by atoms with Gasteiger partial charge in [-0.2, -0.15) is 0 Å². The fourth-order valence-corrected chi connectivity index (χ4v) is 9.29. The van der Waals surface area contributed by atoms with Crippen molar-refractivity contribution in [2.45, 2.75) is 50.4 Å². The van der Waals surface area contributed by atoms with Crippen LogP contribution in [0.3, 0.4) is 0 Å². The molecule has 6 rings (SSSR count). The van der Waals surface area contributed by atoms with Gasteiger partial charge in [-0.15, -0.1) is 0 Å². The van der Waals surface area contributed by atoms with Gasteiger partial charge in [0.05, 0.1) is 9.81 Å². The number of likely N-dealkylation sites (tertiary alicyclic amines) is 2. The summed E-state index contributed by atoms with van der Waals surface area (Å²) in [6.07, 6.45) is 3.55. The third-order valence-electron chi connectivity index (χ3n) is 9.07. The van der Waals surface area contributed by atoms with Gasteiger partial charge in [0.15, 0.2) is 0 Å². The van der Waals surface area contributed by atoms with E-state index < -0.39 is 0 Å². The van der Waals surface area contributed by atoms with Crippen LogP contribution in [0.5, 0.6) is 0 Å². The van der Waals surface area contributed by atoms with E-state index in [0.717, 1.165) is 49.5 Å². The lowest BCUT2D eigenvalue weighted by molar-refractivity contribution is -0.131. The number of nitrogens with zero attached hydrogens (tertiary/aromatic N) is 4. The van der Waals surface area contributed by atoms with Crippen LogP contribution in [0.15, 0.2) is 70.5 Å². The molecule has 4 aliphatic rings. The van der Waals surface area contributed by atoms with Crippen molar-refractivity contribution >= 4 is 80.2 Å². The fraction of sp³-hybridized carbons (Fsp3) is 0.412. The number of amides is 4. The van der Waals surface area contributed by atoms with Crippen LogP contribution in [0.25, 0.3) is 0 Å². The number of carbonyl (C=O) groups is 4. The second-order valence-corrected chi connectivity index (χ2v) is 15.3. The van der Waals surface area contributed by atoms with E-state index >= 15 is 0 Å². The Morgan fingerprint density at radius 2 is 1.04 bits per heavy atom. The van der Waals surface area contributed by atoms with Crippen molar-refractivity contribution in [2.24, 2.45) is 0 Å². The van der Waals surface area contributed by atoms with Gasteiger partial charge in [-0.3, -0.25) is 29.0 Å². The predicted octanol–water partition coefficient (Wildman–Crippen LogP) is 5.51. The molecule has 0 saturated carbocycles. The molecule has 4 amide bonds. The molecule has 0 spiro atoms. The first-order valence-corrected chi connectivity index (χ1v) is 18.2. The van der Waals surface area contributed by atoms with E-state index in [1.54, 1.807) is 0 Å². The van der Waals surface area contributed by atoms with E-state index in [-0.39, 0.29) is 23.6 Å². The summed E-state index contributed by atoms with van der Waals surface area (Å²) in [5.74, 6) is 0.256. The molecule has 240 valence electrons. The van der Waals surface area contributed by atoms with E-state index in [4.69, 9.17) is 24.4 Å². The summed E-state index contributed by atoms with van der Waals surface area (Å²) in [5.41, 5.74) is 2.52. The molecule has 4 fully saturated rings. The van der Waals surface area contributed by atoms with Gasteiger partial charge < -0.3 is 9.80 Å². The Labute approximate surface area is 288 Å². The molecular weight excluding hydrogens is 657 g/mol. The molecule has 0 unspecified atom stereocenters. The molecule has 4 saturated heterocycles. The Kier molecular flexibility index (Phi) is 10.6. The molecule has 0 bridgehead atoms. The van der Waals surface area contributed by atoms with Crippen LogP contribution in [0.4, 0.5) is 0 Å². The zero-order valence-electron chi connectivity index (χ0n) is 25.5. The highest BCUT2D eigenvalue weighted by molar-refractivity contribution is 8.29. The standard InChI is InChI=1S/C34H36N4O4S4/c39-27(35-19-15-25(21-35)23-9-3-1-4-10-23)13-7-17-37-31(41)29(45-33(37)43)30-32(42)38(34(44)46-30)18-8-14-28(40)36-20-16-26(22-36)24-11-5-2-6-12-24/h1-6,9-12,25-26H,7-8,13-22H2/b30-29+/t25-,26+. The molecule has 4 heterocycles. The van der Waals surface area contributed by atoms with Gasteiger partial charge >= 0.3 is 0 Å². The molecule has 2 aromatic carbocycles. The van der Waals surface area contributed by atoms with E-state index in [9.17, 15) is 19.2 Å². The first kappa shape index (κ1) is 32.9. The van der Waals surface area contributed by atoms with Gasteiger partial charge in [0.25, 0.3) is 11.8 Å². The van der Waals surface area contributed by atoms with Gasteiger partial charge in [0, 0.05) is 63.9 Å². The van der Waals surface area contributed by atoms with E-state index in [2.05, 4.69) is 24.3 Å². The highest BCUT2D eigenvalue weighted by atomic mass is 32.2. The summed E-state index contributed by atoms with van der Waals surface area (Å²) in [5, 5.41) is 0. The lowest BCUT2D eigenvalue weighted by Gasteiger charge is -2.18. The number of hydrogen-bond acceptors (Lipinski definition) is 8. The van der Waals surface area contributed by atoms with Crippen molar-refractivity contribution in [2.75, 3.05) is 39.3 Å². The minimum atomic E-state index is -0.314. The van der Waals surface area contributed by atoms with Gasteiger partial charge in [-0.25, -0.2) is 0 Å². The normalized spacial score (nSPS) is 23.4. The summed E-state index contributed by atoms with van der Waals surface area (Å²) in [6.45, 7) is 3.55. The van der Waals surface area contributed by atoms with Crippen LogP contribution in [-0.4, -0.2) is 91.1 Å². The van der Waals surface area contributed by atoms with Crippen molar-refractivity contribution in [1.29, 1.82) is 0 Å². The smallest absolute Gasteiger partial charge is 0.267 e. The molecule has 8 nitrogen and oxygen atoms in total. The summed E-state index contributed by atoms with van der Waals surface area (Å²) >= 11 is 13.2. The summed E-state index contributed by atoms with van der Waals surface area (Å²) in [6, 6.07) is 20.5. The third kappa shape index (κ3) is 7.25. The lowest BCUT2D eigenvalue weighted by Crippen LogP contribution is -2.33. The predicted molar refractivity (Wildman–Crippen MR) is 190 cm³/mol. The van der Waals surface area contributed by atoms with Crippen LogP contribution in [-0.2, 0) is 19.2 Å². The summed E-state index contributed by atoms with van der Waals surface area (Å²) < 4.78 is 0.765. The molecule has 46 heavy (non-hydrogen) atoms. The first-order valence-electron chi connectivity index (χ1n) is 15.8. The van der Waals surface area contributed by atoms with Gasteiger partial charge in [-0.05, 0) is 36.8 Å². The van der Waals surface area contributed by atoms with Crippen LogP contribution in [0.1, 0.15) is 61.5 Å². The van der Waals surface area contributed by atoms with E-state index in [1.807, 2.05) is 46.2 Å². The zero-order chi connectivity index (χ0) is 32.2. The van der Waals surface area contributed by atoms with E-state index in [0.29, 0.717) is 82.1 Å². The van der Waals surface area contributed by atoms with Gasteiger partial charge in [0.1, 0.15) is 8.64 Å². The number of benzene rings is 2. The first-order chi connectivity index (χ1) is 22.3. The number of hydrogen-bond donors (Lipinski definition) is 0. The second-order valence-electron chi connectivity index (χ2n) is 12.0. The topological polar surface area (TPSA) is 81.2 Å². The minimum Gasteiger partial charge on any atom is -0.342 e. The van der Waals surface area contributed by atoms with Gasteiger partial charge in [-0.1, -0.05) is 109 Å². The van der Waals surface area contributed by atoms with Crippen LogP contribution in [0, 0.1) is 0 Å². The molecule has 0 radical (unpaired) electrons. The monoisotopic (exact) mass is 692 g/mol. The van der Waals surface area contributed by atoms with Gasteiger partial charge in [0.2, 0.25) is 11.8 Å². The highest BCUT2D eigenvalue weighted by Gasteiger charge is 2.42. The molecule has 2 aromatic rings. The molecule has 0 N–H and O–H groups in total. The fourth-order valence-electron chi connectivity index (χ4n) is 6.52. The van der Waals surface area contributed by atoms with Crippen molar-refractivity contribution in [1.82, 2.24) is 19.6 Å². The van der Waals surface area contributed by atoms with E-state index in [1.165, 1.54) is 20.9 Å². The van der Waals surface area contributed by atoms with Crippen molar-refractivity contribution in [3.8, 4) is 0 Å². The Bertz CT molecular complexity index is 1450. The maximum Gasteiger partial charge on any atom is 0.267 e. The average Bonchev–Trinajstić information content (AvgIpc) is 3.87. The van der Waals surface area contributed by atoms with Crippen molar-refractivity contribution in [3.05, 3.63) is 81.6 Å². The zero-order valence-corrected chi connectivity index (χ0v) is 28.7.